The Labute approximate surface area is 168 Å². The maximum Gasteiger partial charge on any atom is 0.335 e. The SMILES string of the molecule is CCOC(=O)C(Cc1nnnn1Cc1ccccc1)(C(=O)OCC)C(=O)OCC. The van der Waals surface area contributed by atoms with Crippen LogP contribution in [0.15, 0.2) is 30.3 Å². The minimum absolute atomic E-state index is 0.0334. The summed E-state index contributed by atoms with van der Waals surface area (Å²) in [7, 11) is 0. The normalized spacial score (nSPS) is 11.0. The zero-order valence-corrected chi connectivity index (χ0v) is 16.7. The van der Waals surface area contributed by atoms with Gasteiger partial charge in [0.2, 0.25) is 0 Å². The highest BCUT2D eigenvalue weighted by molar-refractivity contribution is 6.18. The first-order valence-corrected chi connectivity index (χ1v) is 9.30. The summed E-state index contributed by atoms with van der Waals surface area (Å²) in [5.41, 5.74) is -1.46. The fourth-order valence-electron chi connectivity index (χ4n) is 2.70. The molecule has 0 aliphatic heterocycles. The van der Waals surface area contributed by atoms with Gasteiger partial charge < -0.3 is 14.2 Å². The minimum atomic E-state index is -2.36. The van der Waals surface area contributed by atoms with Crippen molar-refractivity contribution < 1.29 is 28.6 Å². The Hall–Kier alpha value is -3.30. The molecule has 0 aliphatic rings. The van der Waals surface area contributed by atoms with Gasteiger partial charge in [-0.25, -0.2) is 4.68 Å². The molecule has 2 aromatic rings. The topological polar surface area (TPSA) is 123 Å². The smallest absolute Gasteiger partial charge is 0.335 e. The van der Waals surface area contributed by atoms with E-state index in [1.807, 2.05) is 30.3 Å². The van der Waals surface area contributed by atoms with Crippen LogP contribution in [0.2, 0.25) is 0 Å². The number of aromatic nitrogens is 4. The van der Waals surface area contributed by atoms with Crippen LogP contribution in [0.3, 0.4) is 0 Å². The second-order valence-electron chi connectivity index (χ2n) is 5.98. The predicted octanol–water partition coefficient (Wildman–Crippen LogP) is 0.940. The van der Waals surface area contributed by atoms with Crippen LogP contribution in [-0.2, 0) is 41.6 Å². The number of esters is 3. The van der Waals surface area contributed by atoms with Crippen LogP contribution in [0.4, 0.5) is 0 Å². The van der Waals surface area contributed by atoms with Crippen molar-refractivity contribution in [3.8, 4) is 0 Å². The molecule has 0 N–H and O–H groups in total. The molecule has 10 nitrogen and oxygen atoms in total. The fourth-order valence-corrected chi connectivity index (χ4v) is 2.70. The van der Waals surface area contributed by atoms with Crippen molar-refractivity contribution in [3.05, 3.63) is 41.7 Å². The van der Waals surface area contributed by atoms with E-state index in [1.54, 1.807) is 20.8 Å². The standard InChI is InChI=1S/C19H24N4O6/c1-4-27-16(24)19(17(25)28-5-2,18(26)29-6-3)12-15-20-21-22-23(15)13-14-10-8-7-9-11-14/h7-11H,4-6,12-13H2,1-3H3. The van der Waals surface area contributed by atoms with Crippen LogP contribution in [-0.4, -0.2) is 57.9 Å². The Morgan fingerprint density at radius 3 is 1.90 bits per heavy atom. The van der Waals surface area contributed by atoms with Gasteiger partial charge in [-0.3, -0.25) is 14.4 Å². The molecule has 0 atom stereocenters. The summed E-state index contributed by atoms with van der Waals surface area (Å²) >= 11 is 0. The Balaban J connectivity index is 2.46. The Morgan fingerprint density at radius 1 is 0.897 bits per heavy atom. The van der Waals surface area contributed by atoms with Gasteiger partial charge in [-0.1, -0.05) is 30.3 Å². The zero-order valence-electron chi connectivity index (χ0n) is 16.7. The number of hydrogen-bond donors (Lipinski definition) is 0. The van der Waals surface area contributed by atoms with E-state index < -0.39 is 29.7 Å². The molecule has 29 heavy (non-hydrogen) atoms. The first kappa shape index (κ1) is 22.0. The van der Waals surface area contributed by atoms with E-state index >= 15 is 0 Å². The van der Waals surface area contributed by atoms with Gasteiger partial charge in [0.15, 0.2) is 5.82 Å². The Morgan fingerprint density at radius 2 is 1.41 bits per heavy atom. The number of nitrogens with zero attached hydrogens (tertiary/aromatic N) is 4. The summed E-state index contributed by atoms with van der Waals surface area (Å²) in [6.07, 6.45) is -0.455. The number of tetrazole rings is 1. The summed E-state index contributed by atoms with van der Waals surface area (Å²) < 4.78 is 16.5. The van der Waals surface area contributed by atoms with Gasteiger partial charge in [0.1, 0.15) is 0 Å². The van der Waals surface area contributed by atoms with E-state index in [0.717, 1.165) is 5.56 Å². The molecule has 0 unspecified atom stereocenters. The van der Waals surface area contributed by atoms with Crippen molar-refractivity contribution >= 4 is 17.9 Å². The van der Waals surface area contributed by atoms with E-state index in [4.69, 9.17) is 14.2 Å². The Kier molecular flexibility index (Phi) is 7.81. The predicted molar refractivity (Wildman–Crippen MR) is 99.4 cm³/mol. The number of carbonyl (C=O) groups excluding carboxylic acids is 3. The molecule has 0 spiro atoms. The lowest BCUT2D eigenvalue weighted by Gasteiger charge is -2.26. The third kappa shape index (κ3) is 4.95. The average molecular weight is 404 g/mol. The average Bonchev–Trinajstić information content (AvgIpc) is 3.13. The third-order valence-corrected chi connectivity index (χ3v) is 4.08. The van der Waals surface area contributed by atoms with Crippen LogP contribution in [0.1, 0.15) is 32.2 Å². The van der Waals surface area contributed by atoms with Crippen LogP contribution < -0.4 is 0 Å². The molecule has 0 radical (unpaired) electrons. The van der Waals surface area contributed by atoms with E-state index in [-0.39, 0.29) is 32.2 Å². The van der Waals surface area contributed by atoms with Gasteiger partial charge in [-0.15, -0.1) is 5.10 Å². The molecule has 0 bridgehead atoms. The molecule has 2 rings (SSSR count). The molecule has 1 aromatic heterocycles. The lowest BCUT2D eigenvalue weighted by Crippen LogP contribution is -2.51. The molecule has 10 heteroatoms. The van der Waals surface area contributed by atoms with Crippen molar-refractivity contribution in [1.82, 2.24) is 20.2 Å². The third-order valence-electron chi connectivity index (χ3n) is 4.08. The van der Waals surface area contributed by atoms with Crippen LogP contribution in [0.5, 0.6) is 0 Å². The van der Waals surface area contributed by atoms with Crippen LogP contribution in [0, 0.1) is 5.41 Å². The number of hydrogen-bond acceptors (Lipinski definition) is 9. The van der Waals surface area contributed by atoms with Gasteiger partial charge in [0.05, 0.1) is 26.4 Å². The molecular formula is C19H24N4O6. The molecule has 1 aromatic carbocycles. The maximum atomic E-state index is 12.8. The first-order chi connectivity index (χ1) is 14.0. The van der Waals surface area contributed by atoms with Crippen molar-refractivity contribution in [3.63, 3.8) is 0 Å². The van der Waals surface area contributed by atoms with Gasteiger partial charge in [0, 0.05) is 6.42 Å². The molecule has 0 amide bonds. The summed E-state index contributed by atoms with van der Waals surface area (Å²) in [4.78, 5) is 38.4. The summed E-state index contributed by atoms with van der Waals surface area (Å²) in [5.74, 6) is -3.05. The summed E-state index contributed by atoms with van der Waals surface area (Å²) in [6, 6.07) is 9.35. The summed E-state index contributed by atoms with van der Waals surface area (Å²) in [6.45, 7) is 4.89. The van der Waals surface area contributed by atoms with Crippen molar-refractivity contribution in [1.29, 1.82) is 0 Å². The number of ether oxygens (including phenoxy) is 3. The molecule has 1 heterocycles. The van der Waals surface area contributed by atoms with E-state index in [0.29, 0.717) is 0 Å². The number of benzene rings is 1. The van der Waals surface area contributed by atoms with Crippen LogP contribution in [0.25, 0.3) is 0 Å². The highest BCUT2D eigenvalue weighted by Crippen LogP contribution is 2.29. The van der Waals surface area contributed by atoms with Crippen LogP contribution >= 0.6 is 0 Å². The molecular weight excluding hydrogens is 380 g/mol. The molecule has 0 fully saturated rings. The van der Waals surface area contributed by atoms with Crippen molar-refractivity contribution in [2.45, 2.75) is 33.7 Å². The second-order valence-corrected chi connectivity index (χ2v) is 5.98. The maximum absolute atomic E-state index is 12.8. The zero-order chi connectivity index (χ0) is 21.3. The summed E-state index contributed by atoms with van der Waals surface area (Å²) in [5, 5.41) is 11.4. The highest BCUT2D eigenvalue weighted by atomic mass is 16.6. The monoisotopic (exact) mass is 404 g/mol. The lowest BCUT2D eigenvalue weighted by atomic mass is 9.83. The molecule has 0 aliphatic carbocycles. The van der Waals surface area contributed by atoms with E-state index in [2.05, 4.69) is 15.5 Å². The van der Waals surface area contributed by atoms with Gasteiger partial charge in [0.25, 0.3) is 5.41 Å². The molecule has 0 saturated carbocycles. The fraction of sp³-hybridized carbons (Fsp3) is 0.474. The molecule has 0 saturated heterocycles. The number of carbonyl (C=O) groups is 3. The van der Waals surface area contributed by atoms with E-state index in [9.17, 15) is 14.4 Å². The largest absolute Gasteiger partial charge is 0.465 e. The van der Waals surface area contributed by atoms with Gasteiger partial charge in [-0.05, 0) is 36.8 Å². The van der Waals surface area contributed by atoms with Gasteiger partial charge in [-0.2, -0.15) is 0 Å². The van der Waals surface area contributed by atoms with Gasteiger partial charge >= 0.3 is 17.9 Å². The minimum Gasteiger partial charge on any atom is -0.465 e. The number of rotatable bonds is 10. The first-order valence-electron chi connectivity index (χ1n) is 9.30. The molecule has 156 valence electrons. The highest BCUT2D eigenvalue weighted by Gasteiger charge is 2.58. The second kappa shape index (κ2) is 10.3. The van der Waals surface area contributed by atoms with Crippen molar-refractivity contribution in [2.75, 3.05) is 19.8 Å². The van der Waals surface area contributed by atoms with E-state index in [1.165, 1.54) is 4.68 Å². The quantitative estimate of drug-likeness (QED) is 0.323. The Bertz CT molecular complexity index is 791. The lowest BCUT2D eigenvalue weighted by molar-refractivity contribution is -0.183. The van der Waals surface area contributed by atoms with Crippen molar-refractivity contribution in [2.24, 2.45) is 5.41 Å².